The van der Waals surface area contributed by atoms with Gasteiger partial charge < -0.3 is 10.2 Å². The number of rotatable bonds is 2. The van der Waals surface area contributed by atoms with Crippen LogP contribution >= 0.6 is 0 Å². The predicted molar refractivity (Wildman–Crippen MR) is 98.3 cm³/mol. The lowest BCUT2D eigenvalue weighted by Crippen LogP contribution is -2.52. The Kier molecular flexibility index (Phi) is 4.34. The summed E-state index contributed by atoms with van der Waals surface area (Å²) in [5, 5.41) is 8.16. The van der Waals surface area contributed by atoms with Crippen LogP contribution in [0.2, 0.25) is 0 Å². The minimum absolute atomic E-state index is 0.0954. The highest BCUT2D eigenvalue weighted by Gasteiger charge is 2.31. The zero-order valence-electron chi connectivity index (χ0n) is 15.1. The molecular formula is C20H26N4O. The number of hydrogen-bond donors (Lipinski definition) is 1. The maximum Gasteiger partial charge on any atom is 0.274 e. The predicted octanol–water partition coefficient (Wildman–Crippen LogP) is 2.49. The molecule has 2 aromatic rings. The molecule has 132 valence electrons. The molecule has 1 aromatic heterocycles. The van der Waals surface area contributed by atoms with Crippen molar-refractivity contribution in [1.82, 2.24) is 20.0 Å². The average molecular weight is 338 g/mol. The van der Waals surface area contributed by atoms with Crippen LogP contribution in [0.3, 0.4) is 0 Å². The van der Waals surface area contributed by atoms with E-state index in [0.717, 1.165) is 44.6 Å². The van der Waals surface area contributed by atoms with Crippen LogP contribution in [0.4, 0.5) is 0 Å². The van der Waals surface area contributed by atoms with Gasteiger partial charge in [-0.05, 0) is 51.7 Å². The molecule has 1 aliphatic carbocycles. The van der Waals surface area contributed by atoms with Crippen LogP contribution in [-0.2, 0) is 12.8 Å². The Morgan fingerprint density at radius 2 is 1.96 bits per heavy atom. The number of aryl methyl sites for hydroxylation is 1. The van der Waals surface area contributed by atoms with Crippen LogP contribution in [-0.4, -0.2) is 46.3 Å². The van der Waals surface area contributed by atoms with E-state index in [1.54, 1.807) is 0 Å². The van der Waals surface area contributed by atoms with E-state index in [2.05, 4.69) is 43.4 Å². The van der Waals surface area contributed by atoms with Gasteiger partial charge in [0.05, 0.1) is 5.69 Å². The molecule has 0 radical (unpaired) electrons. The Labute approximate surface area is 149 Å². The van der Waals surface area contributed by atoms with Crippen molar-refractivity contribution in [3.63, 3.8) is 0 Å². The summed E-state index contributed by atoms with van der Waals surface area (Å²) < 4.78 is 2.01. The van der Waals surface area contributed by atoms with Gasteiger partial charge in [0.2, 0.25) is 0 Å². The van der Waals surface area contributed by atoms with Crippen molar-refractivity contribution in [2.24, 2.45) is 0 Å². The summed E-state index contributed by atoms with van der Waals surface area (Å²) in [6.07, 6.45) is 4.27. The van der Waals surface area contributed by atoms with Crippen molar-refractivity contribution in [2.45, 2.75) is 45.6 Å². The van der Waals surface area contributed by atoms with Crippen molar-refractivity contribution in [3.8, 4) is 5.69 Å². The van der Waals surface area contributed by atoms with Crippen LogP contribution in [0, 0.1) is 6.92 Å². The normalized spacial score (nSPS) is 20.4. The van der Waals surface area contributed by atoms with Gasteiger partial charge in [-0.2, -0.15) is 5.10 Å². The SMILES string of the molecule is Cc1ccc(-n2nc(C(=O)N3CCNC[C@@H]3C)c3c2CCCC3)cc1. The van der Waals surface area contributed by atoms with Crippen LogP contribution < -0.4 is 5.32 Å². The third-order valence-corrected chi connectivity index (χ3v) is 5.42. The molecule has 1 N–H and O–H groups in total. The van der Waals surface area contributed by atoms with E-state index in [4.69, 9.17) is 5.10 Å². The third-order valence-electron chi connectivity index (χ3n) is 5.42. The molecular weight excluding hydrogens is 312 g/mol. The second-order valence-electron chi connectivity index (χ2n) is 7.28. The molecule has 1 aromatic carbocycles. The topological polar surface area (TPSA) is 50.2 Å². The maximum absolute atomic E-state index is 13.2. The van der Waals surface area contributed by atoms with Crippen LogP contribution in [0.1, 0.15) is 47.1 Å². The van der Waals surface area contributed by atoms with E-state index in [9.17, 15) is 4.79 Å². The molecule has 5 heteroatoms. The molecule has 1 atom stereocenters. The van der Waals surface area contributed by atoms with Crippen molar-refractivity contribution < 1.29 is 4.79 Å². The summed E-state index contributed by atoms with van der Waals surface area (Å²) in [6, 6.07) is 8.61. The summed E-state index contributed by atoms with van der Waals surface area (Å²) in [7, 11) is 0. The van der Waals surface area contributed by atoms with Gasteiger partial charge in [-0.15, -0.1) is 0 Å². The van der Waals surface area contributed by atoms with E-state index in [1.165, 1.54) is 23.2 Å². The summed E-state index contributed by atoms with van der Waals surface area (Å²) in [6.45, 7) is 6.66. The molecule has 5 nitrogen and oxygen atoms in total. The number of carbonyl (C=O) groups is 1. The molecule has 1 saturated heterocycles. The number of nitrogens with one attached hydrogen (secondary N) is 1. The summed E-state index contributed by atoms with van der Waals surface area (Å²) in [4.78, 5) is 15.2. The van der Waals surface area contributed by atoms with Crippen LogP contribution in [0.25, 0.3) is 5.69 Å². The van der Waals surface area contributed by atoms with Gasteiger partial charge in [0.15, 0.2) is 5.69 Å². The van der Waals surface area contributed by atoms with Crippen molar-refractivity contribution >= 4 is 5.91 Å². The highest BCUT2D eigenvalue weighted by Crippen LogP contribution is 2.28. The van der Waals surface area contributed by atoms with Crippen LogP contribution in [0.15, 0.2) is 24.3 Å². The smallest absolute Gasteiger partial charge is 0.274 e. The quantitative estimate of drug-likeness (QED) is 0.915. The first-order valence-corrected chi connectivity index (χ1v) is 9.34. The van der Waals surface area contributed by atoms with E-state index in [1.807, 2.05) is 9.58 Å². The minimum atomic E-state index is 0.0954. The molecule has 2 heterocycles. The molecule has 1 aliphatic heterocycles. The molecule has 0 unspecified atom stereocenters. The van der Waals surface area contributed by atoms with Gasteiger partial charge in [-0.25, -0.2) is 4.68 Å². The molecule has 0 bridgehead atoms. The van der Waals surface area contributed by atoms with Gasteiger partial charge in [-0.3, -0.25) is 4.79 Å². The van der Waals surface area contributed by atoms with Gasteiger partial charge in [0, 0.05) is 36.9 Å². The van der Waals surface area contributed by atoms with E-state index in [0.29, 0.717) is 5.69 Å². The summed E-state index contributed by atoms with van der Waals surface area (Å²) >= 11 is 0. The van der Waals surface area contributed by atoms with Gasteiger partial charge in [0.25, 0.3) is 5.91 Å². The lowest BCUT2D eigenvalue weighted by atomic mass is 9.95. The molecule has 1 fully saturated rings. The first-order chi connectivity index (χ1) is 12.1. The van der Waals surface area contributed by atoms with E-state index < -0.39 is 0 Å². The number of nitrogens with zero attached hydrogens (tertiary/aromatic N) is 3. The highest BCUT2D eigenvalue weighted by atomic mass is 16.2. The lowest BCUT2D eigenvalue weighted by molar-refractivity contribution is 0.0648. The Balaban J connectivity index is 1.75. The molecule has 1 amide bonds. The molecule has 0 saturated carbocycles. The van der Waals surface area contributed by atoms with Crippen molar-refractivity contribution in [2.75, 3.05) is 19.6 Å². The number of hydrogen-bond acceptors (Lipinski definition) is 3. The first-order valence-electron chi connectivity index (χ1n) is 9.34. The Bertz CT molecular complexity index is 778. The van der Waals surface area contributed by atoms with Gasteiger partial charge in [-0.1, -0.05) is 17.7 Å². The molecule has 4 rings (SSSR count). The highest BCUT2D eigenvalue weighted by molar-refractivity contribution is 5.94. The number of fused-ring (bicyclic) bond motifs is 1. The van der Waals surface area contributed by atoms with Gasteiger partial charge >= 0.3 is 0 Å². The fraction of sp³-hybridized carbons (Fsp3) is 0.500. The monoisotopic (exact) mass is 338 g/mol. The fourth-order valence-corrected chi connectivity index (χ4v) is 3.95. The number of aromatic nitrogens is 2. The molecule has 2 aliphatic rings. The second-order valence-corrected chi connectivity index (χ2v) is 7.28. The molecule has 0 spiro atoms. The van der Waals surface area contributed by atoms with Gasteiger partial charge in [0.1, 0.15) is 0 Å². The van der Waals surface area contributed by atoms with Crippen molar-refractivity contribution in [1.29, 1.82) is 0 Å². The largest absolute Gasteiger partial charge is 0.332 e. The third kappa shape index (κ3) is 2.97. The minimum Gasteiger partial charge on any atom is -0.332 e. The standard InChI is InChI=1S/C20H26N4O/c1-14-7-9-16(10-8-14)24-18-6-4-3-5-17(18)19(22-24)20(25)23-12-11-21-13-15(23)2/h7-10,15,21H,3-6,11-13H2,1-2H3/t15-/m0/s1. The summed E-state index contributed by atoms with van der Waals surface area (Å²) in [5.74, 6) is 0.0954. The Morgan fingerprint density at radius 3 is 2.72 bits per heavy atom. The van der Waals surface area contributed by atoms with Crippen LogP contribution in [0.5, 0.6) is 0 Å². The Morgan fingerprint density at radius 1 is 1.20 bits per heavy atom. The maximum atomic E-state index is 13.2. The lowest BCUT2D eigenvalue weighted by Gasteiger charge is -2.33. The number of benzene rings is 1. The van der Waals surface area contributed by atoms with E-state index in [-0.39, 0.29) is 11.9 Å². The second kappa shape index (κ2) is 6.64. The first kappa shape index (κ1) is 16.3. The molecule has 25 heavy (non-hydrogen) atoms. The van der Waals surface area contributed by atoms with E-state index >= 15 is 0 Å². The number of piperazine rings is 1. The summed E-state index contributed by atoms with van der Waals surface area (Å²) in [5.41, 5.74) is 5.35. The van der Waals surface area contributed by atoms with Crippen molar-refractivity contribution in [3.05, 3.63) is 46.8 Å². The number of carbonyl (C=O) groups excluding carboxylic acids is 1. The number of amides is 1. The zero-order valence-corrected chi connectivity index (χ0v) is 15.1. The Hall–Kier alpha value is -2.14. The average Bonchev–Trinajstić information content (AvgIpc) is 3.02. The fourth-order valence-electron chi connectivity index (χ4n) is 3.95. The zero-order chi connectivity index (χ0) is 17.4.